The molecule has 1 aliphatic heterocycles. The molecule has 1 atom stereocenters. The van der Waals surface area contributed by atoms with Crippen LogP contribution < -0.4 is 9.80 Å². The fourth-order valence-electron chi connectivity index (χ4n) is 2.68. The van der Waals surface area contributed by atoms with E-state index in [1.165, 1.54) is 12.0 Å². The maximum Gasteiger partial charge on any atom is 0.226 e. The Morgan fingerprint density at radius 2 is 2.15 bits per heavy atom. The number of hydrogen-bond acceptors (Lipinski definition) is 5. The predicted molar refractivity (Wildman–Crippen MR) is 79.9 cm³/mol. The molecule has 0 spiro atoms. The highest BCUT2D eigenvalue weighted by molar-refractivity contribution is 5.46. The van der Waals surface area contributed by atoms with Crippen LogP contribution in [0.5, 0.6) is 0 Å². The van der Waals surface area contributed by atoms with Gasteiger partial charge in [-0.05, 0) is 30.5 Å². The third kappa shape index (κ3) is 2.43. The maximum absolute atomic E-state index is 4.65. The third-order valence-corrected chi connectivity index (χ3v) is 3.64. The van der Waals surface area contributed by atoms with Crippen molar-refractivity contribution in [3.05, 3.63) is 42.4 Å². The second kappa shape index (κ2) is 5.45. The van der Waals surface area contributed by atoms with Crippen molar-refractivity contribution in [2.45, 2.75) is 18.9 Å². The van der Waals surface area contributed by atoms with E-state index in [1.54, 1.807) is 0 Å². The number of anilines is 2. The first-order valence-corrected chi connectivity index (χ1v) is 6.92. The normalized spacial score (nSPS) is 18.3. The molecule has 0 amide bonds. The van der Waals surface area contributed by atoms with Gasteiger partial charge < -0.3 is 9.80 Å². The Morgan fingerprint density at radius 3 is 2.90 bits per heavy atom. The molecule has 1 saturated heterocycles. The number of nitrogens with zero attached hydrogens (tertiary/aromatic N) is 5. The van der Waals surface area contributed by atoms with Crippen molar-refractivity contribution in [3.8, 4) is 0 Å². The number of hydrogen-bond donors (Lipinski definition) is 0. The SMILES string of the molecule is CN(C)c1nccc(N2CCC[C@H]2c2cccnc2)n1. The Labute approximate surface area is 119 Å². The molecule has 0 radical (unpaired) electrons. The molecule has 5 nitrogen and oxygen atoms in total. The standard InChI is InChI=1S/C15H19N5/c1-19(2)15-17-9-7-14(18-15)20-10-4-6-13(20)12-5-3-8-16-11-12/h3,5,7-9,11,13H,4,6,10H2,1-2H3/t13-/m0/s1. The van der Waals surface area contributed by atoms with Crippen LogP contribution in [0.4, 0.5) is 11.8 Å². The van der Waals surface area contributed by atoms with Crippen molar-refractivity contribution in [2.24, 2.45) is 0 Å². The molecule has 104 valence electrons. The summed E-state index contributed by atoms with van der Waals surface area (Å²) in [6.07, 6.45) is 7.93. The fraction of sp³-hybridized carbons (Fsp3) is 0.400. The Morgan fingerprint density at radius 1 is 1.25 bits per heavy atom. The number of rotatable bonds is 3. The molecule has 3 rings (SSSR count). The first-order chi connectivity index (χ1) is 9.75. The summed E-state index contributed by atoms with van der Waals surface area (Å²) in [7, 11) is 3.92. The molecule has 3 heterocycles. The van der Waals surface area contributed by atoms with Crippen molar-refractivity contribution in [2.75, 3.05) is 30.4 Å². The van der Waals surface area contributed by atoms with E-state index >= 15 is 0 Å². The largest absolute Gasteiger partial charge is 0.349 e. The topological polar surface area (TPSA) is 45.2 Å². The van der Waals surface area contributed by atoms with Crippen LogP contribution in [0.2, 0.25) is 0 Å². The lowest BCUT2D eigenvalue weighted by molar-refractivity contribution is 0.706. The molecule has 0 aliphatic carbocycles. The van der Waals surface area contributed by atoms with Crippen molar-refractivity contribution < 1.29 is 0 Å². The number of pyridine rings is 1. The minimum atomic E-state index is 0.369. The van der Waals surface area contributed by atoms with E-state index in [1.807, 2.05) is 49.7 Å². The Hall–Kier alpha value is -2.17. The lowest BCUT2D eigenvalue weighted by Gasteiger charge is -2.26. The molecule has 1 aliphatic rings. The second-order valence-corrected chi connectivity index (χ2v) is 5.25. The molecule has 0 unspecified atom stereocenters. The molecule has 5 heteroatoms. The molecule has 0 bridgehead atoms. The van der Waals surface area contributed by atoms with Crippen LogP contribution in [0.1, 0.15) is 24.4 Å². The molecule has 2 aromatic heterocycles. The zero-order valence-corrected chi connectivity index (χ0v) is 11.9. The van der Waals surface area contributed by atoms with E-state index in [9.17, 15) is 0 Å². The van der Waals surface area contributed by atoms with Gasteiger partial charge in [-0.1, -0.05) is 6.07 Å². The van der Waals surface area contributed by atoms with Crippen molar-refractivity contribution in [1.29, 1.82) is 0 Å². The monoisotopic (exact) mass is 269 g/mol. The molecule has 0 saturated carbocycles. The quantitative estimate of drug-likeness (QED) is 0.855. The zero-order chi connectivity index (χ0) is 13.9. The van der Waals surface area contributed by atoms with E-state index in [0.717, 1.165) is 24.7 Å². The van der Waals surface area contributed by atoms with Crippen LogP contribution in [0.3, 0.4) is 0 Å². The van der Waals surface area contributed by atoms with Crippen molar-refractivity contribution in [1.82, 2.24) is 15.0 Å². The van der Waals surface area contributed by atoms with Gasteiger partial charge in [-0.15, -0.1) is 0 Å². The van der Waals surface area contributed by atoms with Crippen LogP contribution in [0.15, 0.2) is 36.8 Å². The molecule has 1 fully saturated rings. The van der Waals surface area contributed by atoms with Gasteiger partial charge >= 0.3 is 0 Å². The van der Waals surface area contributed by atoms with Crippen LogP contribution >= 0.6 is 0 Å². The summed E-state index contributed by atoms with van der Waals surface area (Å²) in [6, 6.07) is 6.50. The summed E-state index contributed by atoms with van der Waals surface area (Å²) in [6.45, 7) is 1.03. The highest BCUT2D eigenvalue weighted by Crippen LogP contribution is 2.34. The first kappa shape index (κ1) is 12.8. The van der Waals surface area contributed by atoms with Crippen LogP contribution in [-0.4, -0.2) is 35.6 Å². The van der Waals surface area contributed by atoms with Gasteiger partial charge in [-0.3, -0.25) is 4.98 Å². The van der Waals surface area contributed by atoms with E-state index in [-0.39, 0.29) is 0 Å². The van der Waals surface area contributed by atoms with E-state index in [2.05, 4.69) is 25.9 Å². The molecule has 20 heavy (non-hydrogen) atoms. The van der Waals surface area contributed by atoms with Gasteiger partial charge in [0.1, 0.15) is 5.82 Å². The lowest BCUT2D eigenvalue weighted by atomic mass is 10.1. The van der Waals surface area contributed by atoms with Gasteiger partial charge in [-0.25, -0.2) is 4.98 Å². The minimum Gasteiger partial charge on any atom is -0.349 e. The summed E-state index contributed by atoms with van der Waals surface area (Å²) in [5.41, 5.74) is 1.26. The van der Waals surface area contributed by atoms with Gasteiger partial charge in [0.2, 0.25) is 5.95 Å². The summed E-state index contributed by atoms with van der Waals surface area (Å²) < 4.78 is 0. The molecule has 2 aromatic rings. The summed E-state index contributed by atoms with van der Waals surface area (Å²) in [4.78, 5) is 17.5. The maximum atomic E-state index is 4.65. The van der Waals surface area contributed by atoms with E-state index in [0.29, 0.717) is 6.04 Å². The van der Waals surface area contributed by atoms with Gasteiger partial charge in [0.05, 0.1) is 6.04 Å². The summed E-state index contributed by atoms with van der Waals surface area (Å²) >= 11 is 0. The zero-order valence-electron chi connectivity index (χ0n) is 11.9. The average molecular weight is 269 g/mol. The Kier molecular flexibility index (Phi) is 3.50. The minimum absolute atomic E-state index is 0.369. The van der Waals surface area contributed by atoms with Gasteiger partial charge in [0, 0.05) is 39.2 Å². The van der Waals surface area contributed by atoms with Crippen LogP contribution in [0.25, 0.3) is 0 Å². The lowest BCUT2D eigenvalue weighted by Crippen LogP contribution is -2.24. The van der Waals surface area contributed by atoms with Crippen LogP contribution in [0, 0.1) is 0 Å². The highest BCUT2D eigenvalue weighted by atomic mass is 15.3. The Bertz CT molecular complexity index is 569. The number of aromatic nitrogens is 3. The van der Waals surface area contributed by atoms with Crippen LogP contribution in [-0.2, 0) is 0 Å². The third-order valence-electron chi connectivity index (χ3n) is 3.64. The van der Waals surface area contributed by atoms with E-state index in [4.69, 9.17) is 0 Å². The smallest absolute Gasteiger partial charge is 0.226 e. The Balaban J connectivity index is 1.91. The molecular weight excluding hydrogens is 250 g/mol. The first-order valence-electron chi connectivity index (χ1n) is 6.92. The second-order valence-electron chi connectivity index (χ2n) is 5.25. The van der Waals surface area contributed by atoms with Gasteiger partial charge in [0.15, 0.2) is 0 Å². The molecule has 0 aromatic carbocycles. The fourth-order valence-corrected chi connectivity index (χ4v) is 2.68. The molecule has 0 N–H and O–H groups in total. The van der Waals surface area contributed by atoms with Crippen molar-refractivity contribution in [3.63, 3.8) is 0 Å². The van der Waals surface area contributed by atoms with Gasteiger partial charge in [-0.2, -0.15) is 4.98 Å². The van der Waals surface area contributed by atoms with Gasteiger partial charge in [0.25, 0.3) is 0 Å². The van der Waals surface area contributed by atoms with E-state index < -0.39 is 0 Å². The van der Waals surface area contributed by atoms with Crippen molar-refractivity contribution >= 4 is 11.8 Å². The summed E-state index contributed by atoms with van der Waals surface area (Å²) in [5.74, 6) is 1.74. The predicted octanol–water partition coefficient (Wildman–Crippen LogP) is 2.28. The molecular formula is C15H19N5. The summed E-state index contributed by atoms with van der Waals surface area (Å²) in [5, 5.41) is 0. The average Bonchev–Trinajstić information content (AvgIpc) is 2.98. The highest BCUT2D eigenvalue weighted by Gasteiger charge is 2.27.